The quantitative estimate of drug-likeness (QED) is 0.708. The van der Waals surface area contributed by atoms with Gasteiger partial charge in [-0.25, -0.2) is 18.5 Å². The normalized spacial score (nSPS) is 27.7. The minimum Gasteiger partial charge on any atom is -0.379 e. The summed E-state index contributed by atoms with van der Waals surface area (Å²) in [6, 6.07) is 0. The van der Waals surface area contributed by atoms with Crippen LogP contribution in [0.5, 0.6) is 0 Å². The molecule has 0 aliphatic carbocycles. The van der Waals surface area contributed by atoms with Crippen LogP contribution in [0, 0.1) is 0 Å². The summed E-state index contributed by atoms with van der Waals surface area (Å²) in [6.07, 6.45) is 0. The molecule has 3 aliphatic heterocycles. The Balaban J connectivity index is 1.90. The van der Waals surface area contributed by atoms with Crippen molar-refractivity contribution in [3.05, 3.63) is 0 Å². The fourth-order valence-electron chi connectivity index (χ4n) is 3.22. The molecule has 0 spiro atoms. The van der Waals surface area contributed by atoms with Crippen molar-refractivity contribution in [3.63, 3.8) is 0 Å². The standard InChI is InChI=1S/C12H26N4O3P2/c20-13-21(14-1-7-17-8-2-14,15-3-9-18-10-4-15)16-5-11-19-12-6-16/h1-12,20H2. The van der Waals surface area contributed by atoms with E-state index in [1.165, 1.54) is 0 Å². The van der Waals surface area contributed by atoms with Gasteiger partial charge in [0, 0.05) is 39.3 Å². The third-order valence-electron chi connectivity index (χ3n) is 4.26. The molecule has 1 unspecified atom stereocenters. The van der Waals surface area contributed by atoms with E-state index in [2.05, 4.69) is 23.4 Å². The Bertz CT molecular complexity index is 328. The minimum absolute atomic E-state index is 0.802. The van der Waals surface area contributed by atoms with Crippen LogP contribution in [0.15, 0.2) is 4.52 Å². The summed E-state index contributed by atoms with van der Waals surface area (Å²) >= 11 is 0. The van der Waals surface area contributed by atoms with Gasteiger partial charge in [0.15, 0.2) is 7.51 Å². The van der Waals surface area contributed by atoms with E-state index in [9.17, 15) is 0 Å². The lowest BCUT2D eigenvalue weighted by Gasteiger charge is -2.51. The number of ether oxygens (including phenoxy) is 3. The van der Waals surface area contributed by atoms with Crippen LogP contribution < -0.4 is 0 Å². The molecule has 21 heavy (non-hydrogen) atoms. The maximum Gasteiger partial charge on any atom is 0.171 e. The van der Waals surface area contributed by atoms with Gasteiger partial charge in [0.05, 0.1) is 39.6 Å². The number of nitrogens with zero attached hydrogens (tertiary/aromatic N) is 4. The van der Waals surface area contributed by atoms with Crippen LogP contribution in [0.25, 0.3) is 0 Å². The summed E-state index contributed by atoms with van der Waals surface area (Å²) in [5.41, 5.74) is 0. The Labute approximate surface area is 129 Å². The molecule has 0 bridgehead atoms. The highest BCUT2D eigenvalue weighted by Gasteiger charge is 2.41. The second-order valence-electron chi connectivity index (χ2n) is 5.35. The topological polar surface area (TPSA) is 49.8 Å². The predicted octanol–water partition coefficient (Wildman–Crippen LogP) is 0.719. The van der Waals surface area contributed by atoms with Gasteiger partial charge in [0.1, 0.15) is 0 Å². The van der Waals surface area contributed by atoms with Crippen molar-refractivity contribution in [2.24, 2.45) is 4.52 Å². The van der Waals surface area contributed by atoms with Crippen molar-refractivity contribution >= 4 is 16.9 Å². The van der Waals surface area contributed by atoms with Crippen LogP contribution in [-0.4, -0.2) is 92.9 Å². The van der Waals surface area contributed by atoms with Gasteiger partial charge in [0.25, 0.3) is 0 Å². The fraction of sp³-hybridized carbons (Fsp3) is 1.00. The SMILES string of the molecule is PN=P(N1CCOCC1)(N1CCOCC1)N1CCOCC1. The molecule has 122 valence electrons. The lowest BCUT2D eigenvalue weighted by atomic mass is 10.5. The van der Waals surface area contributed by atoms with E-state index in [1.807, 2.05) is 0 Å². The summed E-state index contributed by atoms with van der Waals surface area (Å²) in [4.78, 5) is 0. The maximum atomic E-state index is 5.56. The first kappa shape index (κ1) is 16.3. The number of rotatable bonds is 3. The Hall–Kier alpha value is 0.420. The first-order valence-electron chi connectivity index (χ1n) is 7.69. The molecule has 0 radical (unpaired) electrons. The molecule has 3 saturated heterocycles. The molecule has 1 atom stereocenters. The van der Waals surface area contributed by atoms with Crippen LogP contribution in [0.3, 0.4) is 0 Å². The summed E-state index contributed by atoms with van der Waals surface area (Å²) in [6.45, 7) is 10.6. The summed E-state index contributed by atoms with van der Waals surface area (Å²) in [5.74, 6) is 0. The third kappa shape index (κ3) is 3.36. The lowest BCUT2D eigenvalue weighted by Crippen LogP contribution is -2.50. The zero-order chi connectivity index (χ0) is 14.5. The van der Waals surface area contributed by atoms with Crippen LogP contribution in [-0.2, 0) is 14.2 Å². The van der Waals surface area contributed by atoms with Crippen LogP contribution in [0.4, 0.5) is 0 Å². The number of hydrogen-bond donors (Lipinski definition) is 0. The average Bonchev–Trinajstić information content (AvgIpc) is 2.59. The highest BCUT2D eigenvalue weighted by molar-refractivity contribution is 7.62. The van der Waals surface area contributed by atoms with Crippen molar-refractivity contribution in [3.8, 4) is 0 Å². The predicted molar refractivity (Wildman–Crippen MR) is 86.2 cm³/mol. The second kappa shape index (κ2) is 7.80. The van der Waals surface area contributed by atoms with Gasteiger partial charge in [-0.3, -0.25) is 0 Å². The van der Waals surface area contributed by atoms with E-state index in [-0.39, 0.29) is 0 Å². The van der Waals surface area contributed by atoms with E-state index >= 15 is 0 Å². The van der Waals surface area contributed by atoms with Gasteiger partial charge in [-0.05, 0) is 9.39 Å². The molecule has 0 N–H and O–H groups in total. The molecule has 3 rings (SSSR count). The van der Waals surface area contributed by atoms with Gasteiger partial charge < -0.3 is 14.2 Å². The van der Waals surface area contributed by atoms with Crippen molar-refractivity contribution in [1.82, 2.24) is 14.0 Å². The molecule has 7 nitrogen and oxygen atoms in total. The van der Waals surface area contributed by atoms with Crippen LogP contribution in [0.2, 0.25) is 0 Å². The number of morpholine rings is 3. The van der Waals surface area contributed by atoms with Gasteiger partial charge in [-0.2, -0.15) is 0 Å². The molecule has 0 aromatic rings. The first-order chi connectivity index (χ1) is 10.4. The highest BCUT2D eigenvalue weighted by atomic mass is 31.2. The van der Waals surface area contributed by atoms with Crippen molar-refractivity contribution in [1.29, 1.82) is 0 Å². The maximum absolute atomic E-state index is 5.56. The number of hydrogen-bond acceptors (Lipinski definition) is 4. The molecule has 0 saturated carbocycles. The minimum atomic E-state index is -1.86. The Morgan fingerprint density at radius 2 is 0.905 bits per heavy atom. The summed E-state index contributed by atoms with van der Waals surface area (Å²) in [7, 11) is 0.811. The summed E-state index contributed by atoms with van der Waals surface area (Å²) in [5, 5.41) is 0. The van der Waals surface area contributed by atoms with E-state index < -0.39 is 7.51 Å². The average molecular weight is 336 g/mol. The molecular weight excluding hydrogens is 310 g/mol. The van der Waals surface area contributed by atoms with Crippen LogP contribution in [0.1, 0.15) is 0 Å². The molecule has 9 heteroatoms. The summed E-state index contributed by atoms with van der Waals surface area (Å²) < 4.78 is 29.3. The Kier molecular flexibility index (Phi) is 6.05. The van der Waals surface area contributed by atoms with E-state index in [4.69, 9.17) is 18.7 Å². The van der Waals surface area contributed by atoms with E-state index in [0.29, 0.717) is 0 Å². The lowest BCUT2D eigenvalue weighted by molar-refractivity contribution is 0.0377. The first-order valence-corrected chi connectivity index (χ1v) is 9.80. The fourth-order valence-corrected chi connectivity index (χ4v) is 8.15. The van der Waals surface area contributed by atoms with Gasteiger partial charge in [0.2, 0.25) is 0 Å². The smallest absolute Gasteiger partial charge is 0.171 e. The Morgan fingerprint density at radius 1 is 0.619 bits per heavy atom. The van der Waals surface area contributed by atoms with Crippen molar-refractivity contribution < 1.29 is 14.2 Å². The van der Waals surface area contributed by atoms with E-state index in [0.717, 1.165) is 78.9 Å². The largest absolute Gasteiger partial charge is 0.379 e. The van der Waals surface area contributed by atoms with E-state index in [1.54, 1.807) is 0 Å². The monoisotopic (exact) mass is 336 g/mol. The van der Waals surface area contributed by atoms with Crippen LogP contribution >= 0.6 is 16.9 Å². The molecule has 3 aliphatic rings. The Morgan fingerprint density at radius 3 is 1.14 bits per heavy atom. The zero-order valence-corrected chi connectivity index (χ0v) is 14.6. The highest BCUT2D eigenvalue weighted by Crippen LogP contribution is 2.61. The zero-order valence-electron chi connectivity index (χ0n) is 12.5. The molecular formula is C12H26N4O3P2. The van der Waals surface area contributed by atoms with Gasteiger partial charge in [-0.15, -0.1) is 0 Å². The molecule has 0 aromatic carbocycles. The third-order valence-corrected chi connectivity index (χ3v) is 8.97. The van der Waals surface area contributed by atoms with Gasteiger partial charge in [-0.1, -0.05) is 0 Å². The molecule has 0 amide bonds. The van der Waals surface area contributed by atoms with Crippen molar-refractivity contribution in [2.45, 2.75) is 0 Å². The molecule has 3 heterocycles. The second-order valence-corrected chi connectivity index (χ2v) is 9.04. The van der Waals surface area contributed by atoms with Crippen molar-refractivity contribution in [2.75, 3.05) is 78.9 Å². The molecule has 3 fully saturated rings. The molecule has 0 aromatic heterocycles. The van der Waals surface area contributed by atoms with Gasteiger partial charge >= 0.3 is 0 Å².